The van der Waals surface area contributed by atoms with Gasteiger partial charge in [0.05, 0.1) is 0 Å². The second-order valence-corrected chi connectivity index (χ2v) is 14.5. The molecule has 6 unspecified atom stereocenters. The fourth-order valence-corrected chi connectivity index (χ4v) is 8.42. The van der Waals surface area contributed by atoms with Crippen molar-refractivity contribution in [1.29, 1.82) is 0 Å². The van der Waals surface area contributed by atoms with Crippen LogP contribution in [0.5, 0.6) is 0 Å². The molecular weight excluding hydrogens is 475 g/mol. The third-order valence-corrected chi connectivity index (χ3v) is 11.2. The molecule has 0 bridgehead atoms. The number of rotatable bonds is 24. The van der Waals surface area contributed by atoms with E-state index in [1.165, 1.54) is 180 Å². The van der Waals surface area contributed by atoms with E-state index in [0.29, 0.717) is 0 Å². The largest absolute Gasteiger partial charge is 0.138 e. The molecule has 38 heavy (non-hydrogen) atoms. The molecule has 2 aliphatic rings. The molecule has 2 rings (SSSR count). The maximum atomic E-state index is 3.93. The van der Waals surface area contributed by atoms with Gasteiger partial charge in [-0.15, -0.1) is 15.8 Å². The molecule has 0 radical (unpaired) electrons. The van der Waals surface area contributed by atoms with Gasteiger partial charge in [-0.1, -0.05) is 174 Å². The molecule has 0 N–H and O–H groups in total. The average Bonchev–Trinajstić information content (AvgIpc) is 2.93. The van der Waals surface area contributed by atoms with Crippen LogP contribution in [-0.2, 0) is 0 Å². The lowest BCUT2D eigenvalue weighted by Gasteiger charge is -2.32. The maximum Gasteiger partial charge on any atom is -0.0353 e. The summed E-state index contributed by atoms with van der Waals surface area (Å²) in [5.74, 6) is 5.19. The summed E-state index contributed by atoms with van der Waals surface area (Å²) in [7, 11) is 2.90. The second-order valence-electron chi connectivity index (χ2n) is 13.9. The summed E-state index contributed by atoms with van der Waals surface area (Å²) in [5.41, 5.74) is 0. The highest BCUT2D eigenvalue weighted by Crippen LogP contribution is 2.37. The van der Waals surface area contributed by atoms with Crippen molar-refractivity contribution in [3.63, 3.8) is 0 Å². The summed E-state index contributed by atoms with van der Waals surface area (Å²) < 4.78 is 0. The van der Waals surface area contributed by atoms with Gasteiger partial charge in [-0.05, 0) is 55.0 Å². The first-order chi connectivity index (χ1) is 18.7. The van der Waals surface area contributed by atoms with E-state index in [4.69, 9.17) is 0 Å². The summed E-state index contributed by atoms with van der Waals surface area (Å²) in [6, 6.07) is 0. The summed E-state index contributed by atoms with van der Waals surface area (Å²) in [6.07, 6.45) is 45.0. The quantitative estimate of drug-likeness (QED) is 0.0641. The smallest absolute Gasteiger partial charge is 0.0353 e. The van der Waals surface area contributed by atoms with Gasteiger partial charge in [-0.2, -0.15) is 0 Å². The molecule has 0 aromatic carbocycles. The molecule has 0 aromatic rings. The van der Waals surface area contributed by atoms with Gasteiger partial charge in [0.1, 0.15) is 0 Å². The zero-order valence-electron chi connectivity index (χ0n) is 26.3. The van der Waals surface area contributed by atoms with Crippen molar-refractivity contribution in [2.45, 2.75) is 187 Å². The minimum Gasteiger partial charge on any atom is -0.138 e. The number of hydrogen-bond acceptors (Lipinski definition) is 0. The average molecular weight is 547 g/mol. The molecule has 2 saturated carbocycles. The van der Waals surface area contributed by atoms with Gasteiger partial charge in [-0.3, -0.25) is 0 Å². The molecule has 0 heterocycles. The summed E-state index contributed by atoms with van der Waals surface area (Å²) >= 11 is 0. The molecule has 2 aliphatic carbocycles. The SMILES string of the molecule is C=CCCCCC(CCCCCCCC1CCCCC1C)CCCCCC1CCCCC1CCCCCP. The highest BCUT2D eigenvalue weighted by molar-refractivity contribution is 7.16. The molecule has 0 spiro atoms. The first kappa shape index (κ1) is 34.4. The normalized spacial score (nSPS) is 24.9. The molecule has 224 valence electrons. The fourth-order valence-electron chi connectivity index (χ4n) is 8.13. The van der Waals surface area contributed by atoms with Gasteiger partial charge < -0.3 is 0 Å². The van der Waals surface area contributed by atoms with E-state index >= 15 is 0 Å². The van der Waals surface area contributed by atoms with Crippen LogP contribution in [0.15, 0.2) is 12.7 Å². The summed E-state index contributed by atoms with van der Waals surface area (Å²) in [4.78, 5) is 0. The van der Waals surface area contributed by atoms with E-state index in [-0.39, 0.29) is 0 Å². The van der Waals surface area contributed by atoms with E-state index in [1.54, 1.807) is 6.42 Å². The van der Waals surface area contributed by atoms with E-state index < -0.39 is 0 Å². The Kier molecular flexibility index (Phi) is 21.6. The van der Waals surface area contributed by atoms with Gasteiger partial charge in [0.15, 0.2) is 0 Å². The Hall–Kier alpha value is 0.170. The van der Waals surface area contributed by atoms with Crippen molar-refractivity contribution in [2.75, 3.05) is 6.16 Å². The van der Waals surface area contributed by atoms with E-state index in [2.05, 4.69) is 28.8 Å². The monoisotopic (exact) mass is 547 g/mol. The van der Waals surface area contributed by atoms with Crippen molar-refractivity contribution in [1.82, 2.24) is 0 Å². The number of unbranched alkanes of at least 4 members (excludes halogenated alkanes) is 10. The second kappa shape index (κ2) is 23.8. The fraction of sp³-hybridized carbons (Fsp3) is 0.946. The Morgan fingerprint density at radius 1 is 0.579 bits per heavy atom. The van der Waals surface area contributed by atoms with Crippen LogP contribution in [0.3, 0.4) is 0 Å². The Labute approximate surface area is 244 Å². The van der Waals surface area contributed by atoms with Gasteiger partial charge >= 0.3 is 0 Å². The predicted molar refractivity (Wildman–Crippen MR) is 177 cm³/mol. The Balaban J connectivity index is 1.56. The molecule has 6 atom stereocenters. The summed E-state index contributed by atoms with van der Waals surface area (Å²) in [5, 5.41) is 0. The van der Waals surface area contributed by atoms with Crippen molar-refractivity contribution in [3.05, 3.63) is 12.7 Å². The lowest BCUT2D eigenvalue weighted by Crippen LogP contribution is -2.19. The Morgan fingerprint density at radius 2 is 1.03 bits per heavy atom. The first-order valence-corrected chi connectivity index (χ1v) is 18.9. The molecule has 0 saturated heterocycles. The predicted octanol–water partition coefficient (Wildman–Crippen LogP) is 13.1. The van der Waals surface area contributed by atoms with Crippen LogP contribution in [0.2, 0.25) is 0 Å². The zero-order chi connectivity index (χ0) is 27.1. The third-order valence-electron chi connectivity index (χ3n) is 10.8. The molecular formula is C37H71P. The van der Waals surface area contributed by atoms with E-state index in [0.717, 1.165) is 29.6 Å². The van der Waals surface area contributed by atoms with Crippen LogP contribution in [0.1, 0.15) is 187 Å². The third kappa shape index (κ3) is 16.4. The van der Waals surface area contributed by atoms with Gasteiger partial charge in [0.25, 0.3) is 0 Å². The standard InChI is InChI=1S/C37H71P/c1-3-4-5-11-23-34(24-12-7-6-8-14-26-35-27-18-17-22-33(35)2)25-13-9-15-28-36-30-19-20-31-37(36)29-16-10-21-32-38/h3,33-37H,1,4-32,38H2,2H3. The van der Waals surface area contributed by atoms with E-state index in [9.17, 15) is 0 Å². The number of allylic oxidation sites excluding steroid dienone is 1. The first-order valence-electron chi connectivity index (χ1n) is 18.1. The van der Waals surface area contributed by atoms with Crippen LogP contribution in [-0.4, -0.2) is 6.16 Å². The van der Waals surface area contributed by atoms with Crippen molar-refractivity contribution in [2.24, 2.45) is 29.6 Å². The van der Waals surface area contributed by atoms with Crippen molar-refractivity contribution < 1.29 is 0 Å². The minimum atomic E-state index is 1.00. The van der Waals surface area contributed by atoms with Gasteiger partial charge in [0.2, 0.25) is 0 Å². The molecule has 0 nitrogen and oxygen atoms in total. The molecule has 0 aromatic heterocycles. The van der Waals surface area contributed by atoms with E-state index in [1.807, 2.05) is 0 Å². The molecule has 0 aliphatic heterocycles. The Bertz CT molecular complexity index is 527. The Morgan fingerprint density at radius 3 is 1.61 bits per heavy atom. The maximum absolute atomic E-state index is 3.93. The minimum absolute atomic E-state index is 1.00. The molecule has 2 fully saturated rings. The zero-order valence-corrected chi connectivity index (χ0v) is 27.4. The summed E-state index contributed by atoms with van der Waals surface area (Å²) in [6.45, 7) is 6.45. The van der Waals surface area contributed by atoms with Crippen LogP contribution in [0, 0.1) is 29.6 Å². The highest BCUT2D eigenvalue weighted by atomic mass is 31.0. The highest BCUT2D eigenvalue weighted by Gasteiger charge is 2.24. The van der Waals surface area contributed by atoms with Gasteiger partial charge in [0, 0.05) is 0 Å². The molecule has 1 heteroatoms. The van der Waals surface area contributed by atoms with Crippen LogP contribution < -0.4 is 0 Å². The van der Waals surface area contributed by atoms with Crippen LogP contribution >= 0.6 is 9.24 Å². The van der Waals surface area contributed by atoms with Crippen molar-refractivity contribution >= 4 is 9.24 Å². The van der Waals surface area contributed by atoms with Crippen LogP contribution in [0.4, 0.5) is 0 Å². The number of hydrogen-bond donors (Lipinski definition) is 0. The van der Waals surface area contributed by atoms with Gasteiger partial charge in [-0.25, -0.2) is 0 Å². The van der Waals surface area contributed by atoms with Crippen LogP contribution in [0.25, 0.3) is 0 Å². The lowest BCUT2D eigenvalue weighted by atomic mass is 9.74. The topological polar surface area (TPSA) is 0 Å². The van der Waals surface area contributed by atoms with Crippen molar-refractivity contribution in [3.8, 4) is 0 Å². The molecule has 0 amide bonds. The lowest BCUT2D eigenvalue weighted by molar-refractivity contribution is 0.202.